The molecule has 1 aromatic heterocycles. The molecule has 120 valence electrons. The molecule has 1 saturated heterocycles. The Bertz CT molecular complexity index is 730. The van der Waals surface area contributed by atoms with Gasteiger partial charge >= 0.3 is 0 Å². The molecule has 0 aliphatic carbocycles. The van der Waals surface area contributed by atoms with Gasteiger partial charge in [-0.1, -0.05) is 23.7 Å². The van der Waals surface area contributed by atoms with Crippen LogP contribution in [0.5, 0.6) is 0 Å². The fourth-order valence-corrected chi connectivity index (χ4v) is 3.64. The SMILES string of the molecule is Cc1c(Cl)cccc1NC(=O)C1CCCN1C(=O)c1cccs1. The number of hydrogen-bond acceptors (Lipinski definition) is 3. The predicted molar refractivity (Wildman–Crippen MR) is 93.2 cm³/mol. The number of hydrogen-bond donors (Lipinski definition) is 1. The Morgan fingerprint density at radius 1 is 1.30 bits per heavy atom. The summed E-state index contributed by atoms with van der Waals surface area (Å²) in [6.45, 7) is 2.48. The first-order chi connectivity index (χ1) is 11.1. The van der Waals surface area contributed by atoms with Crippen LogP contribution >= 0.6 is 22.9 Å². The minimum atomic E-state index is -0.428. The third kappa shape index (κ3) is 3.26. The summed E-state index contributed by atoms with van der Waals surface area (Å²) >= 11 is 7.49. The van der Waals surface area contributed by atoms with Crippen molar-refractivity contribution < 1.29 is 9.59 Å². The molecule has 1 fully saturated rings. The lowest BCUT2D eigenvalue weighted by atomic mass is 10.1. The molecular weight excluding hydrogens is 332 g/mol. The maximum absolute atomic E-state index is 12.6. The van der Waals surface area contributed by atoms with E-state index in [2.05, 4.69) is 5.32 Å². The van der Waals surface area contributed by atoms with Crippen molar-refractivity contribution in [2.45, 2.75) is 25.8 Å². The second-order valence-electron chi connectivity index (χ2n) is 5.54. The van der Waals surface area contributed by atoms with Crippen molar-refractivity contribution >= 4 is 40.4 Å². The average molecular weight is 349 g/mol. The van der Waals surface area contributed by atoms with Gasteiger partial charge in [0.05, 0.1) is 4.88 Å². The first kappa shape index (κ1) is 16.0. The summed E-state index contributed by atoms with van der Waals surface area (Å²) in [7, 11) is 0. The van der Waals surface area contributed by atoms with E-state index in [-0.39, 0.29) is 11.8 Å². The quantitative estimate of drug-likeness (QED) is 0.912. The van der Waals surface area contributed by atoms with E-state index in [1.54, 1.807) is 23.1 Å². The topological polar surface area (TPSA) is 49.4 Å². The second kappa shape index (κ2) is 6.72. The van der Waals surface area contributed by atoms with Crippen molar-refractivity contribution in [1.29, 1.82) is 0 Å². The van der Waals surface area contributed by atoms with Crippen LogP contribution in [0, 0.1) is 6.92 Å². The van der Waals surface area contributed by atoms with Gasteiger partial charge in [-0.3, -0.25) is 9.59 Å². The molecule has 1 N–H and O–H groups in total. The van der Waals surface area contributed by atoms with E-state index in [0.29, 0.717) is 28.6 Å². The van der Waals surface area contributed by atoms with Gasteiger partial charge in [-0.05, 0) is 48.9 Å². The standard InChI is InChI=1S/C17H17ClN2O2S/c1-11-12(18)5-2-6-13(11)19-16(21)14-7-3-9-20(14)17(22)15-8-4-10-23-15/h2,4-6,8,10,14H,3,7,9H2,1H3,(H,19,21). The lowest BCUT2D eigenvalue weighted by molar-refractivity contribution is -0.119. The van der Waals surface area contributed by atoms with Gasteiger partial charge in [-0.25, -0.2) is 0 Å². The van der Waals surface area contributed by atoms with E-state index in [0.717, 1.165) is 12.0 Å². The van der Waals surface area contributed by atoms with Gasteiger partial charge in [-0.15, -0.1) is 11.3 Å². The molecule has 3 rings (SSSR count). The van der Waals surface area contributed by atoms with Gasteiger partial charge in [0.15, 0.2) is 0 Å². The van der Waals surface area contributed by atoms with Crippen LogP contribution in [-0.2, 0) is 4.79 Å². The minimum Gasteiger partial charge on any atom is -0.326 e. The normalized spacial score (nSPS) is 17.3. The number of thiophene rings is 1. The minimum absolute atomic E-state index is 0.0690. The zero-order valence-electron chi connectivity index (χ0n) is 12.7. The van der Waals surface area contributed by atoms with Crippen LogP contribution in [0.4, 0.5) is 5.69 Å². The van der Waals surface area contributed by atoms with Gasteiger partial charge in [0.25, 0.3) is 5.91 Å². The summed E-state index contributed by atoms with van der Waals surface area (Å²) in [5, 5.41) is 5.39. The monoisotopic (exact) mass is 348 g/mol. The van der Waals surface area contributed by atoms with E-state index >= 15 is 0 Å². The number of rotatable bonds is 3. The summed E-state index contributed by atoms with van der Waals surface area (Å²) in [4.78, 5) is 27.5. The highest BCUT2D eigenvalue weighted by Crippen LogP contribution is 2.26. The molecule has 2 amide bonds. The highest BCUT2D eigenvalue weighted by molar-refractivity contribution is 7.12. The summed E-state index contributed by atoms with van der Waals surface area (Å²) in [5.41, 5.74) is 1.52. The molecule has 0 spiro atoms. The number of carbonyl (C=O) groups is 2. The van der Waals surface area contributed by atoms with Crippen molar-refractivity contribution in [3.05, 3.63) is 51.2 Å². The fourth-order valence-electron chi connectivity index (χ4n) is 2.78. The Balaban J connectivity index is 1.76. The largest absolute Gasteiger partial charge is 0.326 e. The molecule has 1 aliphatic heterocycles. The molecule has 0 radical (unpaired) electrons. The molecule has 6 heteroatoms. The summed E-state index contributed by atoms with van der Waals surface area (Å²) < 4.78 is 0. The van der Waals surface area contributed by atoms with Crippen LogP contribution in [0.2, 0.25) is 5.02 Å². The highest BCUT2D eigenvalue weighted by Gasteiger charge is 2.35. The van der Waals surface area contributed by atoms with Crippen molar-refractivity contribution in [2.75, 3.05) is 11.9 Å². The summed E-state index contributed by atoms with van der Waals surface area (Å²) in [5.74, 6) is -0.224. The van der Waals surface area contributed by atoms with Crippen molar-refractivity contribution in [2.24, 2.45) is 0 Å². The van der Waals surface area contributed by atoms with Crippen LogP contribution in [0.3, 0.4) is 0 Å². The van der Waals surface area contributed by atoms with E-state index in [4.69, 9.17) is 11.6 Å². The van der Waals surface area contributed by atoms with Gasteiger partial charge in [-0.2, -0.15) is 0 Å². The summed E-state index contributed by atoms with van der Waals surface area (Å²) in [6, 6.07) is 8.62. The first-order valence-electron chi connectivity index (χ1n) is 7.48. The van der Waals surface area contributed by atoms with E-state index in [1.165, 1.54) is 11.3 Å². The Morgan fingerprint density at radius 3 is 2.87 bits per heavy atom. The number of anilines is 1. The number of amides is 2. The molecule has 23 heavy (non-hydrogen) atoms. The maximum atomic E-state index is 12.6. The second-order valence-corrected chi connectivity index (χ2v) is 6.89. The molecule has 2 heterocycles. The molecule has 2 aromatic rings. The van der Waals surface area contributed by atoms with Gasteiger partial charge in [0, 0.05) is 17.3 Å². The predicted octanol–water partition coefficient (Wildman–Crippen LogP) is 3.95. The molecule has 1 aliphatic rings. The molecular formula is C17H17ClN2O2S. The van der Waals surface area contributed by atoms with Crippen LogP contribution in [0.15, 0.2) is 35.7 Å². The Hall–Kier alpha value is -1.85. The third-order valence-corrected chi connectivity index (χ3v) is 5.34. The highest BCUT2D eigenvalue weighted by atomic mass is 35.5. The van der Waals surface area contributed by atoms with Crippen LogP contribution in [-0.4, -0.2) is 29.3 Å². The maximum Gasteiger partial charge on any atom is 0.264 e. The fraction of sp³-hybridized carbons (Fsp3) is 0.294. The lowest BCUT2D eigenvalue weighted by Crippen LogP contribution is -2.43. The number of nitrogens with one attached hydrogen (secondary N) is 1. The lowest BCUT2D eigenvalue weighted by Gasteiger charge is -2.23. The number of likely N-dealkylation sites (tertiary alicyclic amines) is 1. The number of nitrogens with zero attached hydrogens (tertiary/aromatic N) is 1. The van der Waals surface area contributed by atoms with Crippen LogP contribution in [0.1, 0.15) is 28.1 Å². The number of carbonyl (C=O) groups excluding carboxylic acids is 2. The zero-order chi connectivity index (χ0) is 16.4. The van der Waals surface area contributed by atoms with Gasteiger partial charge in [0.1, 0.15) is 6.04 Å². The van der Waals surface area contributed by atoms with Crippen molar-refractivity contribution in [3.8, 4) is 0 Å². The number of benzene rings is 1. The van der Waals surface area contributed by atoms with Gasteiger partial charge < -0.3 is 10.2 Å². The van der Waals surface area contributed by atoms with Crippen molar-refractivity contribution in [3.63, 3.8) is 0 Å². The third-order valence-electron chi connectivity index (χ3n) is 4.07. The smallest absolute Gasteiger partial charge is 0.264 e. The molecule has 4 nitrogen and oxygen atoms in total. The van der Waals surface area contributed by atoms with E-state index in [9.17, 15) is 9.59 Å². The van der Waals surface area contributed by atoms with Gasteiger partial charge in [0.2, 0.25) is 5.91 Å². The molecule has 0 bridgehead atoms. The van der Waals surface area contributed by atoms with Crippen LogP contribution in [0.25, 0.3) is 0 Å². The number of halogens is 1. The van der Waals surface area contributed by atoms with Crippen molar-refractivity contribution in [1.82, 2.24) is 4.90 Å². The molecule has 1 aromatic carbocycles. The van der Waals surface area contributed by atoms with E-state index < -0.39 is 6.04 Å². The zero-order valence-corrected chi connectivity index (χ0v) is 14.3. The van der Waals surface area contributed by atoms with Crippen LogP contribution < -0.4 is 5.32 Å². The Labute approximate surface area is 144 Å². The first-order valence-corrected chi connectivity index (χ1v) is 8.74. The Morgan fingerprint density at radius 2 is 2.13 bits per heavy atom. The molecule has 1 unspecified atom stereocenters. The summed E-state index contributed by atoms with van der Waals surface area (Å²) in [6.07, 6.45) is 1.52. The Kier molecular flexibility index (Phi) is 4.68. The van der Waals surface area contributed by atoms with E-state index in [1.807, 2.05) is 24.4 Å². The molecule has 0 saturated carbocycles. The average Bonchev–Trinajstić information content (AvgIpc) is 3.21. The molecule has 1 atom stereocenters.